The summed E-state index contributed by atoms with van der Waals surface area (Å²) in [4.78, 5) is 10.5. The van der Waals surface area contributed by atoms with E-state index < -0.39 is 5.97 Å². The predicted molar refractivity (Wildman–Crippen MR) is 62.3 cm³/mol. The fourth-order valence-electron chi connectivity index (χ4n) is 1.94. The Labute approximate surface area is 104 Å². The summed E-state index contributed by atoms with van der Waals surface area (Å²) in [6.07, 6.45) is 2.70. The molecular formula is C10H15N3O3S. The van der Waals surface area contributed by atoms with E-state index in [-0.39, 0.29) is 12.5 Å². The molecule has 17 heavy (non-hydrogen) atoms. The van der Waals surface area contributed by atoms with Crippen molar-refractivity contribution in [1.29, 1.82) is 0 Å². The third-order valence-corrected chi connectivity index (χ3v) is 3.12. The topological polar surface area (TPSA) is 80.1 Å². The molecule has 0 aliphatic carbocycles. The molecule has 94 valence electrons. The summed E-state index contributed by atoms with van der Waals surface area (Å²) in [6.45, 7) is 1.45. The highest BCUT2D eigenvalue weighted by atomic mass is 32.1. The van der Waals surface area contributed by atoms with E-state index in [0.717, 1.165) is 19.4 Å². The first kappa shape index (κ1) is 12.3. The predicted octanol–water partition coefficient (Wildman–Crippen LogP) is 1.14. The standard InChI is InChI=1S/C10H15N3O3S/c14-9(15)4-3-8-11-12-10(17)13(8)6-7-2-1-5-16-7/h7H,1-6H2,(H,12,17)(H,14,15)/t7-/m1/s1. The van der Waals surface area contributed by atoms with Gasteiger partial charge in [-0.05, 0) is 25.1 Å². The van der Waals surface area contributed by atoms with Crippen LogP contribution in [0.1, 0.15) is 25.1 Å². The maximum absolute atomic E-state index is 10.5. The van der Waals surface area contributed by atoms with Crippen molar-refractivity contribution in [2.75, 3.05) is 6.61 Å². The van der Waals surface area contributed by atoms with Gasteiger partial charge >= 0.3 is 5.97 Å². The van der Waals surface area contributed by atoms with Crippen molar-refractivity contribution in [3.63, 3.8) is 0 Å². The molecule has 1 aromatic heterocycles. The van der Waals surface area contributed by atoms with Gasteiger partial charge in [-0.25, -0.2) is 0 Å². The first-order valence-corrected chi connectivity index (χ1v) is 6.05. The van der Waals surface area contributed by atoms with Gasteiger partial charge in [-0.3, -0.25) is 9.89 Å². The number of H-pyrrole nitrogens is 1. The van der Waals surface area contributed by atoms with Crippen molar-refractivity contribution in [2.45, 2.75) is 38.3 Å². The lowest BCUT2D eigenvalue weighted by molar-refractivity contribution is -0.137. The molecule has 0 radical (unpaired) electrons. The first-order chi connectivity index (χ1) is 8.16. The molecule has 0 aromatic carbocycles. The zero-order valence-electron chi connectivity index (χ0n) is 9.39. The fourth-order valence-corrected chi connectivity index (χ4v) is 2.17. The van der Waals surface area contributed by atoms with Gasteiger partial charge in [0.05, 0.1) is 19.1 Å². The van der Waals surface area contributed by atoms with Crippen molar-refractivity contribution in [1.82, 2.24) is 14.8 Å². The number of aromatic nitrogens is 3. The molecule has 1 saturated heterocycles. The summed E-state index contributed by atoms with van der Waals surface area (Å²) < 4.78 is 7.91. The molecule has 6 nitrogen and oxygen atoms in total. The summed E-state index contributed by atoms with van der Waals surface area (Å²) in [6, 6.07) is 0. The molecule has 1 aliphatic rings. The number of carboxylic acids is 1. The van der Waals surface area contributed by atoms with Crippen LogP contribution in [0.4, 0.5) is 0 Å². The van der Waals surface area contributed by atoms with E-state index >= 15 is 0 Å². The number of aromatic amines is 1. The zero-order chi connectivity index (χ0) is 12.3. The number of nitrogens with zero attached hydrogens (tertiary/aromatic N) is 2. The molecule has 0 bridgehead atoms. The van der Waals surface area contributed by atoms with Gasteiger partial charge in [0.2, 0.25) is 0 Å². The molecule has 1 atom stereocenters. The minimum Gasteiger partial charge on any atom is -0.481 e. The van der Waals surface area contributed by atoms with Gasteiger partial charge in [-0.2, -0.15) is 5.10 Å². The monoisotopic (exact) mass is 257 g/mol. The van der Waals surface area contributed by atoms with E-state index in [1.807, 2.05) is 4.57 Å². The van der Waals surface area contributed by atoms with Crippen LogP contribution in [0.2, 0.25) is 0 Å². The Hall–Kier alpha value is -1.21. The summed E-state index contributed by atoms with van der Waals surface area (Å²) in [5.74, 6) is -0.143. The number of ether oxygens (including phenoxy) is 1. The van der Waals surface area contributed by atoms with Crippen LogP contribution < -0.4 is 0 Å². The molecule has 0 amide bonds. The van der Waals surface area contributed by atoms with Crippen LogP contribution in [0.5, 0.6) is 0 Å². The molecule has 2 rings (SSSR count). The number of aryl methyl sites for hydroxylation is 1. The van der Waals surface area contributed by atoms with Gasteiger partial charge in [-0.15, -0.1) is 0 Å². The maximum atomic E-state index is 10.5. The van der Waals surface area contributed by atoms with Crippen LogP contribution >= 0.6 is 12.2 Å². The van der Waals surface area contributed by atoms with Gasteiger partial charge in [0, 0.05) is 13.0 Å². The van der Waals surface area contributed by atoms with Gasteiger partial charge in [0.25, 0.3) is 0 Å². The summed E-state index contributed by atoms with van der Waals surface area (Å²) in [7, 11) is 0. The van der Waals surface area contributed by atoms with Crippen LogP contribution in [0.3, 0.4) is 0 Å². The lowest BCUT2D eigenvalue weighted by atomic mass is 10.2. The zero-order valence-corrected chi connectivity index (χ0v) is 10.2. The number of aliphatic carboxylic acids is 1. The first-order valence-electron chi connectivity index (χ1n) is 5.64. The number of hydrogen-bond acceptors (Lipinski definition) is 4. The van der Waals surface area contributed by atoms with Gasteiger partial charge in [0.15, 0.2) is 4.77 Å². The quantitative estimate of drug-likeness (QED) is 0.773. The molecule has 0 saturated carbocycles. The Morgan fingerprint density at radius 3 is 3.18 bits per heavy atom. The fraction of sp³-hybridized carbons (Fsp3) is 0.700. The Balaban J connectivity index is 2.05. The molecule has 1 aliphatic heterocycles. The number of hydrogen-bond donors (Lipinski definition) is 2. The number of nitrogens with one attached hydrogen (secondary N) is 1. The molecule has 1 fully saturated rings. The second-order valence-electron chi connectivity index (χ2n) is 4.08. The van der Waals surface area contributed by atoms with E-state index in [1.165, 1.54) is 0 Å². The van der Waals surface area contributed by atoms with E-state index in [4.69, 9.17) is 22.1 Å². The normalized spacial score (nSPS) is 19.6. The SMILES string of the molecule is O=C(O)CCc1n[nH]c(=S)n1C[C@H]1CCCO1. The van der Waals surface area contributed by atoms with Gasteiger partial charge in [0.1, 0.15) is 5.82 Å². The largest absolute Gasteiger partial charge is 0.481 e. The Bertz CT molecular complexity index is 448. The number of carboxylic acid groups (broad SMARTS) is 1. The van der Waals surface area contributed by atoms with E-state index in [9.17, 15) is 4.79 Å². The molecule has 2 heterocycles. The third-order valence-electron chi connectivity index (χ3n) is 2.81. The average molecular weight is 257 g/mol. The van der Waals surface area contributed by atoms with Crippen molar-refractivity contribution in [2.24, 2.45) is 0 Å². The van der Waals surface area contributed by atoms with E-state index in [0.29, 0.717) is 23.6 Å². The second-order valence-corrected chi connectivity index (χ2v) is 4.47. The molecule has 1 aromatic rings. The smallest absolute Gasteiger partial charge is 0.303 e. The van der Waals surface area contributed by atoms with Gasteiger partial charge < -0.3 is 14.4 Å². The van der Waals surface area contributed by atoms with E-state index in [2.05, 4.69) is 10.2 Å². The number of rotatable bonds is 5. The Kier molecular flexibility index (Phi) is 3.90. The molecule has 0 unspecified atom stereocenters. The summed E-state index contributed by atoms with van der Waals surface area (Å²) in [5, 5.41) is 15.4. The Morgan fingerprint density at radius 2 is 2.53 bits per heavy atom. The van der Waals surface area contributed by atoms with Crippen molar-refractivity contribution in [3.8, 4) is 0 Å². The second kappa shape index (κ2) is 5.42. The third kappa shape index (κ3) is 3.13. The highest BCUT2D eigenvalue weighted by molar-refractivity contribution is 7.71. The minimum atomic E-state index is -0.831. The average Bonchev–Trinajstić information content (AvgIpc) is 2.89. The van der Waals surface area contributed by atoms with Gasteiger partial charge in [-0.1, -0.05) is 0 Å². The highest BCUT2D eigenvalue weighted by Gasteiger charge is 2.18. The van der Waals surface area contributed by atoms with Crippen LogP contribution in [0, 0.1) is 4.77 Å². The molecule has 2 N–H and O–H groups in total. The van der Waals surface area contributed by atoms with Crippen molar-refractivity contribution in [3.05, 3.63) is 10.6 Å². The lowest BCUT2D eigenvalue weighted by Crippen LogP contribution is -2.17. The van der Waals surface area contributed by atoms with Crippen LogP contribution in [-0.2, 0) is 22.5 Å². The molecule has 0 spiro atoms. The Morgan fingerprint density at radius 1 is 1.71 bits per heavy atom. The molecular weight excluding hydrogens is 242 g/mol. The van der Waals surface area contributed by atoms with Crippen LogP contribution in [0.25, 0.3) is 0 Å². The van der Waals surface area contributed by atoms with Crippen LogP contribution in [0.15, 0.2) is 0 Å². The van der Waals surface area contributed by atoms with Crippen molar-refractivity contribution < 1.29 is 14.6 Å². The van der Waals surface area contributed by atoms with Crippen molar-refractivity contribution >= 4 is 18.2 Å². The number of carbonyl (C=O) groups is 1. The summed E-state index contributed by atoms with van der Waals surface area (Å²) in [5.41, 5.74) is 0. The maximum Gasteiger partial charge on any atom is 0.303 e. The highest BCUT2D eigenvalue weighted by Crippen LogP contribution is 2.15. The molecule has 7 heteroatoms. The van der Waals surface area contributed by atoms with Crippen LogP contribution in [-0.4, -0.2) is 38.6 Å². The summed E-state index contributed by atoms with van der Waals surface area (Å²) >= 11 is 5.13. The van der Waals surface area contributed by atoms with E-state index in [1.54, 1.807) is 0 Å². The minimum absolute atomic E-state index is 0.0607. The lowest BCUT2D eigenvalue weighted by Gasteiger charge is -2.11.